The molecule has 110 valence electrons. The second-order valence-electron chi connectivity index (χ2n) is 4.91. The second kappa shape index (κ2) is 7.24. The number of cyclic esters (lactones) is 1. The van der Waals surface area contributed by atoms with E-state index >= 15 is 0 Å². The van der Waals surface area contributed by atoms with Crippen LogP contribution in [0.15, 0.2) is 24.3 Å². The second-order valence-corrected chi connectivity index (χ2v) is 4.91. The Morgan fingerprint density at radius 2 is 2.20 bits per heavy atom. The van der Waals surface area contributed by atoms with E-state index in [2.05, 4.69) is 16.9 Å². The van der Waals surface area contributed by atoms with Gasteiger partial charge in [0, 0.05) is 0 Å². The molecule has 0 N–H and O–H groups in total. The molecule has 2 aliphatic heterocycles. The van der Waals surface area contributed by atoms with Gasteiger partial charge >= 0.3 is 11.9 Å². The van der Waals surface area contributed by atoms with Crippen LogP contribution in [0.3, 0.4) is 0 Å². The number of carbonyl (C=O) groups is 2. The Bertz CT molecular complexity index is 412. The summed E-state index contributed by atoms with van der Waals surface area (Å²) in [5.74, 6) is -0.906. The molecular formula is C15H20O5. The van der Waals surface area contributed by atoms with Crippen LogP contribution in [0.1, 0.15) is 32.1 Å². The number of esters is 2. The highest BCUT2D eigenvalue weighted by atomic mass is 16.6. The van der Waals surface area contributed by atoms with E-state index in [1.54, 1.807) is 0 Å². The zero-order chi connectivity index (χ0) is 14.4. The van der Waals surface area contributed by atoms with Crippen molar-refractivity contribution in [3.8, 4) is 0 Å². The smallest absolute Gasteiger partial charge is 0.347 e. The van der Waals surface area contributed by atoms with Crippen molar-refractivity contribution >= 4 is 11.9 Å². The van der Waals surface area contributed by atoms with Gasteiger partial charge in [-0.15, -0.1) is 0 Å². The van der Waals surface area contributed by atoms with E-state index in [0.717, 1.165) is 19.3 Å². The first-order chi connectivity index (χ1) is 9.70. The number of fused-ring (bicyclic) bond motifs is 1. The van der Waals surface area contributed by atoms with Gasteiger partial charge in [-0.3, -0.25) is 4.79 Å². The topological polar surface area (TPSA) is 65.1 Å². The summed E-state index contributed by atoms with van der Waals surface area (Å²) in [5, 5.41) is 0. The van der Waals surface area contributed by atoms with Crippen molar-refractivity contribution in [2.45, 2.75) is 50.4 Å². The van der Waals surface area contributed by atoms with Crippen LogP contribution in [-0.2, 0) is 23.8 Å². The number of rotatable bonds is 1. The zero-order valence-corrected chi connectivity index (χ0v) is 11.6. The fourth-order valence-corrected chi connectivity index (χ4v) is 2.14. The van der Waals surface area contributed by atoms with E-state index in [4.69, 9.17) is 9.47 Å². The van der Waals surface area contributed by atoms with Crippen molar-refractivity contribution in [3.05, 3.63) is 24.3 Å². The van der Waals surface area contributed by atoms with E-state index in [1.165, 1.54) is 7.11 Å². The van der Waals surface area contributed by atoms with Crippen molar-refractivity contribution in [2.75, 3.05) is 7.11 Å². The molecular weight excluding hydrogens is 260 g/mol. The maximum atomic E-state index is 11.8. The number of carbonyl (C=O) groups excluding carboxylic acids is 2. The van der Waals surface area contributed by atoms with Crippen molar-refractivity contribution in [1.29, 1.82) is 0 Å². The van der Waals surface area contributed by atoms with Gasteiger partial charge in [0.2, 0.25) is 0 Å². The Labute approximate surface area is 118 Å². The predicted octanol–water partition coefficient (Wildman–Crippen LogP) is 1.92. The molecule has 0 aromatic heterocycles. The largest absolute Gasteiger partial charge is 0.466 e. The van der Waals surface area contributed by atoms with E-state index < -0.39 is 18.0 Å². The van der Waals surface area contributed by atoms with Gasteiger partial charge in [-0.2, -0.15) is 0 Å². The molecule has 0 aromatic rings. The minimum Gasteiger partial charge on any atom is -0.466 e. The first kappa shape index (κ1) is 14.8. The molecule has 0 aliphatic carbocycles. The molecule has 1 fully saturated rings. The fourth-order valence-electron chi connectivity index (χ4n) is 2.14. The standard InChI is InChI=1S/C15H20O5/c1-18-15(17)12-9-7-5-3-2-4-6-8-11-13(19-11)10-14(16)20-12/h2-3,6,8,11-13H,4-5,7,9-10H2,1H3/b3-2+,8-6-/t11?,12-,13?/m0/s1. The lowest BCUT2D eigenvalue weighted by molar-refractivity contribution is -0.166. The average Bonchev–Trinajstić information content (AvgIpc) is 3.16. The van der Waals surface area contributed by atoms with Gasteiger partial charge in [0.1, 0.15) is 6.10 Å². The van der Waals surface area contributed by atoms with Crippen LogP contribution in [0.2, 0.25) is 0 Å². The number of allylic oxidation sites excluding steroid dienone is 3. The van der Waals surface area contributed by atoms with E-state index in [1.807, 2.05) is 12.2 Å². The normalized spacial score (nSPS) is 34.0. The Morgan fingerprint density at radius 1 is 1.35 bits per heavy atom. The Hall–Kier alpha value is -1.62. The maximum Gasteiger partial charge on any atom is 0.347 e. The van der Waals surface area contributed by atoms with Gasteiger partial charge in [0.25, 0.3) is 0 Å². The molecule has 2 unspecified atom stereocenters. The highest BCUT2D eigenvalue weighted by Gasteiger charge is 2.39. The van der Waals surface area contributed by atoms with Gasteiger partial charge in [0.15, 0.2) is 6.10 Å². The van der Waals surface area contributed by atoms with Gasteiger partial charge in [0.05, 0.1) is 19.6 Å². The highest BCUT2D eigenvalue weighted by Crippen LogP contribution is 2.27. The summed E-state index contributed by atoms with van der Waals surface area (Å²) in [6.07, 6.45) is 10.4. The molecule has 0 spiro atoms. The van der Waals surface area contributed by atoms with Crippen LogP contribution in [0.25, 0.3) is 0 Å². The van der Waals surface area contributed by atoms with E-state index in [0.29, 0.717) is 6.42 Å². The van der Waals surface area contributed by atoms with Gasteiger partial charge in [-0.25, -0.2) is 4.79 Å². The number of methoxy groups -OCH3 is 1. The molecule has 2 aliphatic rings. The Kier molecular flexibility index (Phi) is 5.35. The summed E-state index contributed by atoms with van der Waals surface area (Å²) in [6.45, 7) is 0. The quantitative estimate of drug-likeness (QED) is 0.417. The molecule has 0 aromatic carbocycles. The third-order valence-electron chi connectivity index (χ3n) is 3.33. The molecule has 0 radical (unpaired) electrons. The number of hydrogen-bond donors (Lipinski definition) is 0. The van der Waals surface area contributed by atoms with Crippen LogP contribution in [-0.4, -0.2) is 37.4 Å². The summed E-state index contributed by atoms with van der Waals surface area (Å²) in [6, 6.07) is 0. The molecule has 0 bridgehead atoms. The summed E-state index contributed by atoms with van der Waals surface area (Å²) < 4.78 is 15.2. The third-order valence-corrected chi connectivity index (χ3v) is 3.33. The lowest BCUT2D eigenvalue weighted by Crippen LogP contribution is -2.29. The first-order valence-corrected chi connectivity index (χ1v) is 6.95. The molecule has 20 heavy (non-hydrogen) atoms. The van der Waals surface area contributed by atoms with Crippen molar-refractivity contribution in [1.82, 2.24) is 0 Å². The summed E-state index contributed by atoms with van der Waals surface area (Å²) in [4.78, 5) is 23.4. The number of hydrogen-bond acceptors (Lipinski definition) is 5. The van der Waals surface area contributed by atoms with Crippen LogP contribution in [0, 0.1) is 0 Å². The highest BCUT2D eigenvalue weighted by molar-refractivity contribution is 5.79. The first-order valence-electron chi connectivity index (χ1n) is 6.95. The number of ether oxygens (including phenoxy) is 3. The molecule has 0 saturated carbocycles. The molecule has 2 heterocycles. The zero-order valence-electron chi connectivity index (χ0n) is 11.6. The molecule has 2 rings (SSSR count). The monoisotopic (exact) mass is 280 g/mol. The van der Waals surface area contributed by atoms with Crippen LogP contribution < -0.4 is 0 Å². The van der Waals surface area contributed by atoms with E-state index in [-0.39, 0.29) is 18.6 Å². The van der Waals surface area contributed by atoms with Gasteiger partial charge in [-0.1, -0.05) is 24.3 Å². The van der Waals surface area contributed by atoms with Crippen molar-refractivity contribution in [3.63, 3.8) is 0 Å². The fraction of sp³-hybridized carbons (Fsp3) is 0.600. The van der Waals surface area contributed by atoms with Crippen LogP contribution in [0.4, 0.5) is 0 Å². The lowest BCUT2D eigenvalue weighted by atomic mass is 10.1. The lowest BCUT2D eigenvalue weighted by Gasteiger charge is -2.15. The third kappa shape index (κ3) is 4.49. The SMILES string of the molecule is COC(=O)[C@@H]1CCC/C=C/C/C=C\C2OC2CC(=O)O1. The van der Waals surface area contributed by atoms with Gasteiger partial charge < -0.3 is 14.2 Å². The molecule has 5 nitrogen and oxygen atoms in total. The van der Waals surface area contributed by atoms with Crippen LogP contribution in [0.5, 0.6) is 0 Å². The minimum atomic E-state index is -0.809. The Balaban J connectivity index is 1.96. The molecule has 5 heteroatoms. The number of epoxide rings is 1. The summed E-state index contributed by atoms with van der Waals surface area (Å²) >= 11 is 0. The molecule has 1 saturated heterocycles. The van der Waals surface area contributed by atoms with Crippen LogP contribution >= 0.6 is 0 Å². The summed E-state index contributed by atoms with van der Waals surface area (Å²) in [5.41, 5.74) is 0. The Morgan fingerprint density at radius 3 is 3.00 bits per heavy atom. The average molecular weight is 280 g/mol. The van der Waals surface area contributed by atoms with E-state index in [9.17, 15) is 9.59 Å². The van der Waals surface area contributed by atoms with Crippen molar-refractivity contribution in [2.24, 2.45) is 0 Å². The van der Waals surface area contributed by atoms with Gasteiger partial charge in [-0.05, 0) is 25.7 Å². The van der Waals surface area contributed by atoms with Crippen molar-refractivity contribution < 1.29 is 23.8 Å². The summed E-state index contributed by atoms with van der Waals surface area (Å²) in [7, 11) is 1.30. The maximum absolute atomic E-state index is 11.8. The molecule has 0 amide bonds. The predicted molar refractivity (Wildman–Crippen MR) is 71.9 cm³/mol. The minimum absolute atomic E-state index is 0.00420. The molecule has 3 atom stereocenters.